The zero-order chi connectivity index (χ0) is 9.40. The number of para-hydroxylation sites is 1. The number of non-ortho nitro benzene ring substituents is 1. The van der Waals surface area contributed by atoms with Crippen LogP contribution in [0.4, 0.5) is 5.69 Å². The van der Waals surface area contributed by atoms with Gasteiger partial charge in [-0.3, -0.25) is 14.9 Å². The molecule has 0 saturated heterocycles. The van der Waals surface area contributed by atoms with E-state index in [9.17, 15) is 10.1 Å². The SMILES string of the molecule is O=CCl.O=[N+]([O-])c1ccccc1. The topological polar surface area (TPSA) is 60.2 Å². The number of carbonyl (C=O) groups is 1. The van der Waals surface area contributed by atoms with Crippen molar-refractivity contribution in [1.29, 1.82) is 0 Å². The molecule has 1 aromatic rings. The van der Waals surface area contributed by atoms with Crippen molar-refractivity contribution in [2.75, 3.05) is 0 Å². The van der Waals surface area contributed by atoms with Gasteiger partial charge in [0, 0.05) is 12.1 Å². The third-order valence-electron chi connectivity index (χ3n) is 0.967. The Kier molecular flexibility index (Phi) is 5.55. The molecule has 1 aromatic carbocycles. The molecule has 0 unspecified atom stereocenters. The van der Waals surface area contributed by atoms with Gasteiger partial charge < -0.3 is 0 Å². The first kappa shape index (κ1) is 10.6. The molecule has 0 heterocycles. The molecule has 0 amide bonds. The first-order chi connectivity index (χ1) is 5.72. The van der Waals surface area contributed by atoms with Crippen molar-refractivity contribution >= 4 is 23.0 Å². The van der Waals surface area contributed by atoms with E-state index < -0.39 is 4.92 Å². The van der Waals surface area contributed by atoms with Gasteiger partial charge in [-0.05, 0) is 11.6 Å². The molecular formula is C7H6ClNO3. The second-order valence-electron chi connectivity index (χ2n) is 1.68. The first-order valence-corrected chi connectivity index (χ1v) is 3.39. The van der Waals surface area contributed by atoms with Crippen LogP contribution in [-0.4, -0.2) is 10.7 Å². The zero-order valence-electron chi connectivity index (χ0n) is 6.01. The fraction of sp³-hybridized carbons (Fsp3) is 0. The molecule has 0 saturated carbocycles. The number of benzene rings is 1. The highest BCUT2D eigenvalue weighted by Gasteiger charge is 1.98. The third kappa shape index (κ3) is 4.40. The summed E-state index contributed by atoms with van der Waals surface area (Å²) in [6, 6.07) is 7.93. The van der Waals surface area contributed by atoms with Gasteiger partial charge in [-0.25, -0.2) is 0 Å². The highest BCUT2D eigenvalue weighted by molar-refractivity contribution is 6.54. The quantitative estimate of drug-likeness (QED) is 0.292. The molecule has 0 fully saturated rings. The van der Waals surface area contributed by atoms with Gasteiger partial charge in [0.15, 0.2) is 0 Å². The van der Waals surface area contributed by atoms with Gasteiger partial charge in [-0.1, -0.05) is 18.2 Å². The van der Waals surface area contributed by atoms with Crippen molar-refractivity contribution in [2.45, 2.75) is 0 Å². The van der Waals surface area contributed by atoms with Gasteiger partial charge in [-0.2, -0.15) is 0 Å². The van der Waals surface area contributed by atoms with Crippen LogP contribution in [0.3, 0.4) is 0 Å². The van der Waals surface area contributed by atoms with Gasteiger partial charge in [0.05, 0.1) is 4.92 Å². The van der Waals surface area contributed by atoms with E-state index in [1.54, 1.807) is 18.2 Å². The number of nitrogens with zero attached hydrogens (tertiary/aromatic N) is 1. The van der Waals surface area contributed by atoms with Gasteiger partial charge in [0.2, 0.25) is 5.75 Å². The lowest BCUT2D eigenvalue weighted by Gasteiger charge is -1.85. The number of nitro groups is 1. The molecule has 5 heteroatoms. The summed E-state index contributed by atoms with van der Waals surface area (Å²) in [5.41, 5.74) is 0.137. The lowest BCUT2D eigenvalue weighted by Crippen LogP contribution is -1.84. The maximum atomic E-state index is 10.0. The molecule has 0 atom stereocenters. The van der Waals surface area contributed by atoms with Crippen LogP contribution in [-0.2, 0) is 4.79 Å². The summed E-state index contributed by atoms with van der Waals surface area (Å²) < 4.78 is 0. The van der Waals surface area contributed by atoms with Crippen LogP contribution in [0.5, 0.6) is 0 Å². The Labute approximate surface area is 73.9 Å². The summed E-state index contributed by atoms with van der Waals surface area (Å²) >= 11 is 4.32. The summed E-state index contributed by atoms with van der Waals surface area (Å²) in [6.45, 7) is 0. The van der Waals surface area contributed by atoms with E-state index in [0.29, 0.717) is 0 Å². The minimum atomic E-state index is -0.417. The second kappa shape index (κ2) is 6.30. The molecular weight excluding hydrogens is 182 g/mol. The molecule has 0 aliphatic heterocycles. The fourth-order valence-electron chi connectivity index (χ4n) is 0.550. The minimum absolute atomic E-state index is 0.137. The summed E-state index contributed by atoms with van der Waals surface area (Å²) in [5, 5.41) is 10.0. The number of hydrogen-bond acceptors (Lipinski definition) is 3. The lowest BCUT2D eigenvalue weighted by atomic mass is 10.3. The van der Waals surface area contributed by atoms with E-state index in [0.717, 1.165) is 0 Å². The zero-order valence-corrected chi connectivity index (χ0v) is 6.77. The van der Waals surface area contributed by atoms with Crippen molar-refractivity contribution in [1.82, 2.24) is 0 Å². The fourth-order valence-corrected chi connectivity index (χ4v) is 0.550. The van der Waals surface area contributed by atoms with Crippen LogP contribution in [0.25, 0.3) is 0 Å². The van der Waals surface area contributed by atoms with E-state index in [2.05, 4.69) is 11.6 Å². The van der Waals surface area contributed by atoms with E-state index in [-0.39, 0.29) is 11.4 Å². The summed E-state index contributed by atoms with van der Waals surface area (Å²) in [6.07, 6.45) is 0. The molecule has 0 N–H and O–H groups in total. The van der Waals surface area contributed by atoms with Crippen molar-refractivity contribution in [3.63, 3.8) is 0 Å². The lowest BCUT2D eigenvalue weighted by molar-refractivity contribution is -0.384. The molecule has 0 aliphatic carbocycles. The van der Waals surface area contributed by atoms with Crippen LogP contribution >= 0.6 is 11.6 Å². The number of carbonyl (C=O) groups excluding carboxylic acids is 1. The predicted octanol–water partition coefficient (Wildman–Crippen LogP) is 2.01. The Morgan fingerprint density at radius 3 is 2.00 bits per heavy atom. The number of nitro benzene ring substituents is 1. The van der Waals surface area contributed by atoms with Crippen molar-refractivity contribution in [2.24, 2.45) is 0 Å². The molecule has 64 valence electrons. The molecule has 1 rings (SSSR count). The van der Waals surface area contributed by atoms with Gasteiger partial charge in [0.1, 0.15) is 0 Å². The maximum absolute atomic E-state index is 10.0. The van der Waals surface area contributed by atoms with E-state index in [1.807, 2.05) is 0 Å². The molecule has 0 bridgehead atoms. The number of hydrogen-bond donors (Lipinski definition) is 0. The van der Waals surface area contributed by atoms with Gasteiger partial charge in [-0.15, -0.1) is 0 Å². The Bertz CT molecular complexity index is 250. The molecule has 0 aliphatic rings. The van der Waals surface area contributed by atoms with Crippen LogP contribution in [0.1, 0.15) is 0 Å². The van der Waals surface area contributed by atoms with Crippen LogP contribution in [0.2, 0.25) is 0 Å². The minimum Gasteiger partial charge on any atom is -0.285 e. The normalized spacial score (nSPS) is 7.75. The maximum Gasteiger partial charge on any atom is 0.269 e. The van der Waals surface area contributed by atoms with Gasteiger partial charge in [0.25, 0.3) is 5.69 Å². The van der Waals surface area contributed by atoms with Crippen molar-refractivity contribution in [3.05, 3.63) is 40.4 Å². The Hall–Kier alpha value is -1.42. The second-order valence-corrected chi connectivity index (χ2v) is 1.86. The predicted molar refractivity (Wildman–Crippen MR) is 45.7 cm³/mol. The Morgan fingerprint density at radius 2 is 1.75 bits per heavy atom. The highest BCUT2D eigenvalue weighted by atomic mass is 35.5. The molecule has 12 heavy (non-hydrogen) atoms. The van der Waals surface area contributed by atoms with E-state index in [4.69, 9.17) is 4.79 Å². The average Bonchev–Trinajstić information content (AvgIpc) is 2.07. The third-order valence-corrected chi connectivity index (χ3v) is 0.967. The van der Waals surface area contributed by atoms with E-state index >= 15 is 0 Å². The van der Waals surface area contributed by atoms with E-state index in [1.165, 1.54) is 12.1 Å². The average molecular weight is 188 g/mol. The Balaban J connectivity index is 0.000000354. The highest BCUT2D eigenvalue weighted by Crippen LogP contribution is 2.06. The van der Waals surface area contributed by atoms with Crippen LogP contribution < -0.4 is 0 Å². The summed E-state index contributed by atoms with van der Waals surface area (Å²) in [7, 11) is 0. The first-order valence-electron chi connectivity index (χ1n) is 2.95. The summed E-state index contributed by atoms with van der Waals surface area (Å²) in [4.78, 5) is 18.2. The molecule has 4 nitrogen and oxygen atoms in total. The number of rotatable bonds is 1. The molecule has 0 spiro atoms. The molecule has 0 radical (unpaired) electrons. The number of halogens is 1. The van der Waals surface area contributed by atoms with Crippen molar-refractivity contribution in [3.8, 4) is 0 Å². The standard InChI is InChI=1S/C6H5NO2.CHClO/c8-7(9)6-4-2-1-3-5-6;2-1-3/h1-5H;1H. The monoisotopic (exact) mass is 187 g/mol. The van der Waals surface area contributed by atoms with Crippen LogP contribution in [0, 0.1) is 10.1 Å². The Morgan fingerprint density at radius 1 is 1.33 bits per heavy atom. The van der Waals surface area contributed by atoms with Gasteiger partial charge >= 0.3 is 0 Å². The summed E-state index contributed by atoms with van der Waals surface area (Å²) in [5.74, 6) is 0.222. The smallest absolute Gasteiger partial charge is 0.269 e. The van der Waals surface area contributed by atoms with Crippen LogP contribution in [0.15, 0.2) is 30.3 Å². The molecule has 0 aromatic heterocycles. The van der Waals surface area contributed by atoms with Crippen molar-refractivity contribution < 1.29 is 9.72 Å². The largest absolute Gasteiger partial charge is 0.285 e.